The molecule has 2 unspecified atom stereocenters. The van der Waals surface area contributed by atoms with Gasteiger partial charge in [-0.15, -0.1) is 0 Å². The zero-order valence-electron chi connectivity index (χ0n) is 20.7. The van der Waals surface area contributed by atoms with Gasteiger partial charge in [0.05, 0.1) is 5.56 Å². The van der Waals surface area contributed by atoms with Crippen molar-refractivity contribution in [1.82, 2.24) is 10.2 Å². The Morgan fingerprint density at radius 2 is 1.97 bits per heavy atom. The molecule has 2 aliphatic carbocycles. The van der Waals surface area contributed by atoms with Gasteiger partial charge >= 0.3 is 6.18 Å². The van der Waals surface area contributed by atoms with Gasteiger partial charge in [0.15, 0.2) is 0 Å². The molecule has 5 rings (SSSR count). The number of alkyl halides is 3. The number of likely N-dealkylation sites (tertiary alicyclic amines) is 1. The van der Waals surface area contributed by atoms with Crippen molar-refractivity contribution >= 4 is 23.6 Å². The highest BCUT2D eigenvalue weighted by molar-refractivity contribution is 6.30. The predicted molar refractivity (Wildman–Crippen MR) is 137 cm³/mol. The summed E-state index contributed by atoms with van der Waals surface area (Å²) in [5.74, 6) is 0.366. The van der Waals surface area contributed by atoms with Crippen LogP contribution in [-0.4, -0.2) is 29.9 Å². The molecular weight excluding hydrogens is 485 g/mol. The van der Waals surface area contributed by atoms with Crippen LogP contribution in [-0.2, 0) is 22.9 Å². The number of nitrogens with one attached hydrogen (secondary N) is 1. The van der Waals surface area contributed by atoms with Crippen LogP contribution in [0.15, 0.2) is 48.5 Å². The normalized spacial score (nSPS) is 30.1. The maximum atomic E-state index is 13.1. The molecule has 3 nitrogen and oxygen atoms in total. The van der Waals surface area contributed by atoms with Crippen LogP contribution in [0.4, 0.5) is 13.2 Å². The van der Waals surface area contributed by atoms with Crippen molar-refractivity contribution in [3.8, 4) is 0 Å². The highest BCUT2D eigenvalue weighted by Gasteiger charge is 2.48. The molecule has 0 bridgehead atoms. The molecule has 3 aliphatic rings. The van der Waals surface area contributed by atoms with E-state index in [1.165, 1.54) is 17.2 Å². The summed E-state index contributed by atoms with van der Waals surface area (Å²) in [6, 6.07) is 12.4. The van der Waals surface area contributed by atoms with Crippen molar-refractivity contribution in [3.05, 3.63) is 75.8 Å². The quantitative estimate of drug-likeness (QED) is 0.482. The van der Waals surface area contributed by atoms with Gasteiger partial charge in [0.1, 0.15) is 0 Å². The second-order valence-electron chi connectivity index (χ2n) is 11.1. The van der Waals surface area contributed by atoms with Gasteiger partial charge in [-0.25, -0.2) is 0 Å². The summed E-state index contributed by atoms with van der Waals surface area (Å²) in [7, 11) is 0. The van der Waals surface area contributed by atoms with E-state index in [9.17, 15) is 18.0 Å². The van der Waals surface area contributed by atoms with Crippen LogP contribution in [0.2, 0.25) is 5.02 Å². The number of nitrogens with zero attached hydrogens (tertiary/aromatic N) is 1. The zero-order chi connectivity index (χ0) is 25.7. The molecule has 2 aromatic rings. The van der Waals surface area contributed by atoms with Crippen molar-refractivity contribution in [2.24, 2.45) is 11.3 Å². The van der Waals surface area contributed by atoms with E-state index in [1.807, 2.05) is 6.92 Å². The summed E-state index contributed by atoms with van der Waals surface area (Å²) in [4.78, 5) is 15.7. The number of fused-ring (bicyclic) bond motifs is 2. The number of hydrogen-bond acceptors (Lipinski definition) is 2. The average molecular weight is 517 g/mol. The van der Waals surface area contributed by atoms with E-state index in [4.69, 9.17) is 11.6 Å². The number of halogens is 4. The minimum Gasteiger partial charge on any atom is -0.352 e. The summed E-state index contributed by atoms with van der Waals surface area (Å²) >= 11 is 5.89. The Kier molecular flexibility index (Phi) is 6.49. The smallest absolute Gasteiger partial charge is 0.352 e. The first-order chi connectivity index (χ1) is 17.0. The van der Waals surface area contributed by atoms with Gasteiger partial charge in [-0.2, -0.15) is 13.2 Å². The lowest BCUT2D eigenvalue weighted by Gasteiger charge is -2.46. The fraction of sp³-hybridized carbons (Fsp3) is 0.483. The number of amides is 1. The van der Waals surface area contributed by atoms with Crippen molar-refractivity contribution in [1.29, 1.82) is 0 Å². The highest BCUT2D eigenvalue weighted by Crippen LogP contribution is 2.49. The van der Waals surface area contributed by atoms with Crippen LogP contribution in [0.5, 0.6) is 0 Å². The molecule has 4 atom stereocenters. The average Bonchev–Trinajstić information content (AvgIpc) is 3.41. The van der Waals surface area contributed by atoms with Gasteiger partial charge in [0.25, 0.3) is 0 Å². The molecule has 1 saturated heterocycles. The number of hydrogen-bond donors (Lipinski definition) is 1. The number of rotatable bonds is 4. The lowest BCUT2D eigenvalue weighted by molar-refractivity contribution is -0.137. The summed E-state index contributed by atoms with van der Waals surface area (Å²) in [6.45, 7) is 6.32. The highest BCUT2D eigenvalue weighted by atomic mass is 35.5. The summed E-state index contributed by atoms with van der Waals surface area (Å²) < 4.78 is 39.3. The third-order valence-electron chi connectivity index (χ3n) is 8.74. The van der Waals surface area contributed by atoms with E-state index < -0.39 is 17.2 Å². The molecule has 1 spiro atoms. The van der Waals surface area contributed by atoms with Crippen molar-refractivity contribution in [2.45, 2.75) is 63.7 Å². The second-order valence-corrected chi connectivity index (χ2v) is 11.5. The van der Waals surface area contributed by atoms with E-state index in [1.54, 1.807) is 0 Å². The minimum atomic E-state index is -4.48. The lowest BCUT2D eigenvalue weighted by Crippen LogP contribution is -2.50. The van der Waals surface area contributed by atoms with Gasteiger partial charge in [-0.05, 0) is 73.0 Å². The summed E-state index contributed by atoms with van der Waals surface area (Å²) in [6.07, 6.45) is 3.72. The molecule has 1 heterocycles. The van der Waals surface area contributed by atoms with Crippen LogP contribution in [0.3, 0.4) is 0 Å². The molecule has 0 aromatic heterocycles. The van der Waals surface area contributed by atoms with E-state index in [2.05, 4.69) is 53.6 Å². The third kappa shape index (κ3) is 4.58. The van der Waals surface area contributed by atoms with Gasteiger partial charge in [-0.1, -0.05) is 61.9 Å². The summed E-state index contributed by atoms with van der Waals surface area (Å²) in [5.41, 5.74) is 1.87. The maximum Gasteiger partial charge on any atom is 0.416 e. The first-order valence-electron chi connectivity index (χ1n) is 12.7. The number of allylic oxidation sites excluding steroid dienone is 1. The minimum absolute atomic E-state index is 0.0120. The molecule has 2 fully saturated rings. The van der Waals surface area contributed by atoms with Gasteiger partial charge in [-0.3, -0.25) is 9.69 Å². The van der Waals surface area contributed by atoms with Crippen molar-refractivity contribution in [3.63, 3.8) is 0 Å². The Morgan fingerprint density at radius 1 is 1.19 bits per heavy atom. The molecule has 1 saturated carbocycles. The first kappa shape index (κ1) is 25.3. The Labute approximate surface area is 215 Å². The lowest BCUT2D eigenvalue weighted by atomic mass is 9.68. The molecule has 1 amide bonds. The van der Waals surface area contributed by atoms with Crippen LogP contribution in [0.1, 0.15) is 61.8 Å². The summed E-state index contributed by atoms with van der Waals surface area (Å²) in [5, 5.41) is 2.89. The molecule has 192 valence electrons. The number of carbonyl (C=O) groups is 1. The monoisotopic (exact) mass is 516 g/mol. The first-order valence-corrected chi connectivity index (χ1v) is 13.1. The maximum absolute atomic E-state index is 13.1. The van der Waals surface area contributed by atoms with Crippen molar-refractivity contribution in [2.75, 3.05) is 13.1 Å². The topological polar surface area (TPSA) is 32.3 Å². The van der Waals surface area contributed by atoms with Crippen LogP contribution in [0, 0.1) is 11.3 Å². The van der Waals surface area contributed by atoms with Gasteiger partial charge in [0.2, 0.25) is 5.91 Å². The van der Waals surface area contributed by atoms with Crippen molar-refractivity contribution < 1.29 is 18.0 Å². The molecule has 1 N–H and O–H groups in total. The molecule has 2 aromatic carbocycles. The molecule has 1 aliphatic heterocycles. The van der Waals surface area contributed by atoms with E-state index >= 15 is 0 Å². The SMILES string of the molecule is C[C@H]1CN(C2CCC(C)(C(=O)NCc3cc(Cl)cc(C(F)(F)F)c3)C2)CC[C@@]12C=Cc1ccccc12. The largest absolute Gasteiger partial charge is 0.416 e. The molecule has 7 heteroatoms. The van der Waals surface area contributed by atoms with Crippen LogP contribution >= 0.6 is 11.6 Å². The fourth-order valence-electron chi connectivity index (χ4n) is 6.59. The Bertz CT molecular complexity index is 1200. The molecule has 36 heavy (non-hydrogen) atoms. The second kappa shape index (κ2) is 9.21. The van der Waals surface area contributed by atoms with Crippen LogP contribution < -0.4 is 5.32 Å². The predicted octanol–water partition coefficient (Wildman–Crippen LogP) is 6.84. The number of benzene rings is 2. The Balaban J connectivity index is 1.20. The van der Waals surface area contributed by atoms with Gasteiger partial charge in [0, 0.05) is 35.0 Å². The van der Waals surface area contributed by atoms with Crippen LogP contribution in [0.25, 0.3) is 6.08 Å². The van der Waals surface area contributed by atoms with E-state index in [0.717, 1.165) is 50.9 Å². The number of piperidine rings is 1. The van der Waals surface area contributed by atoms with E-state index in [0.29, 0.717) is 17.5 Å². The third-order valence-corrected chi connectivity index (χ3v) is 8.96. The zero-order valence-corrected chi connectivity index (χ0v) is 21.4. The Morgan fingerprint density at radius 3 is 2.72 bits per heavy atom. The fourth-order valence-corrected chi connectivity index (χ4v) is 6.85. The standard InChI is InChI=1S/C29H32ClF3N2O/c1-19-18-35(12-11-28(19)10-7-21-5-3-4-6-25(21)28)24-8-9-27(2,16-24)26(36)34-17-20-13-22(29(31,32)33)15-23(30)14-20/h3-7,10,13-15,19,24H,8-9,11-12,16-18H2,1-2H3,(H,34,36)/t19-,24?,27?,28-/m0/s1. The molecular formula is C29H32ClF3N2O. The van der Waals surface area contributed by atoms with E-state index in [-0.39, 0.29) is 22.9 Å². The number of carbonyl (C=O) groups excluding carboxylic acids is 1. The van der Waals surface area contributed by atoms with Gasteiger partial charge < -0.3 is 5.32 Å². The Hall–Kier alpha value is -2.31. The molecule has 0 radical (unpaired) electrons.